The Bertz CT molecular complexity index is 586. The van der Waals surface area contributed by atoms with Gasteiger partial charge in [-0.05, 0) is 0 Å². The first-order valence-electron chi connectivity index (χ1n) is 6.47. The number of hydrogen-bond acceptors (Lipinski definition) is 6. The molecule has 11 heteroatoms. The fraction of sp³-hybridized carbons (Fsp3) is 0.636. The summed E-state index contributed by atoms with van der Waals surface area (Å²) in [6.07, 6.45) is -3.48. The predicted molar refractivity (Wildman–Crippen MR) is 73.1 cm³/mol. The number of alkyl halides is 3. The Labute approximate surface area is 125 Å². The van der Waals surface area contributed by atoms with E-state index in [-0.39, 0.29) is 5.69 Å². The fourth-order valence-electron chi connectivity index (χ4n) is 1.78. The molecule has 1 aromatic heterocycles. The maximum absolute atomic E-state index is 12.1. The number of hydrogen-bond donors (Lipinski definition) is 1. The Hall–Kier alpha value is -1.62. The van der Waals surface area contributed by atoms with Crippen molar-refractivity contribution in [3.05, 3.63) is 12.4 Å². The van der Waals surface area contributed by atoms with Gasteiger partial charge in [-0.2, -0.15) is 13.2 Å². The molecule has 0 aliphatic carbocycles. The van der Waals surface area contributed by atoms with Crippen LogP contribution in [0.2, 0.25) is 0 Å². The van der Waals surface area contributed by atoms with Crippen LogP contribution < -0.4 is 9.62 Å². The Morgan fingerprint density at radius 2 is 1.82 bits per heavy atom. The molecule has 1 aliphatic rings. The Balaban J connectivity index is 1.95. The van der Waals surface area contributed by atoms with Crippen molar-refractivity contribution in [2.45, 2.75) is 12.6 Å². The minimum Gasteiger partial charge on any atom is -0.378 e. The zero-order chi connectivity index (χ0) is 16.2. The van der Waals surface area contributed by atoms with Crippen LogP contribution in [0, 0.1) is 0 Å². The third kappa shape index (κ3) is 5.30. The summed E-state index contributed by atoms with van der Waals surface area (Å²) in [4.78, 5) is 9.88. The Kier molecular flexibility index (Phi) is 5.06. The molecule has 2 heterocycles. The number of aromatic nitrogens is 2. The highest BCUT2D eigenvalue weighted by Gasteiger charge is 2.30. The van der Waals surface area contributed by atoms with Crippen molar-refractivity contribution in [2.24, 2.45) is 0 Å². The Morgan fingerprint density at radius 1 is 1.23 bits per heavy atom. The van der Waals surface area contributed by atoms with Crippen LogP contribution in [0.5, 0.6) is 0 Å². The average Bonchev–Trinajstić information content (AvgIpc) is 2.46. The highest BCUT2D eigenvalue weighted by Crippen LogP contribution is 2.21. The quantitative estimate of drug-likeness (QED) is 0.861. The van der Waals surface area contributed by atoms with Gasteiger partial charge in [0.15, 0.2) is 0 Å². The number of nitrogens with one attached hydrogen (secondary N) is 1. The van der Waals surface area contributed by atoms with Crippen LogP contribution in [0.1, 0.15) is 6.42 Å². The highest BCUT2D eigenvalue weighted by atomic mass is 32.2. The van der Waals surface area contributed by atoms with E-state index >= 15 is 0 Å². The SMILES string of the molecule is O=S(=O)(CCC(F)(F)F)Nc1cnc(N2CCOCC2)nc1. The van der Waals surface area contributed by atoms with Crippen LogP contribution in [-0.2, 0) is 14.8 Å². The molecule has 0 aromatic carbocycles. The lowest BCUT2D eigenvalue weighted by molar-refractivity contribution is -0.129. The van der Waals surface area contributed by atoms with Gasteiger partial charge in [-0.25, -0.2) is 18.4 Å². The fourth-order valence-corrected chi connectivity index (χ4v) is 2.85. The van der Waals surface area contributed by atoms with E-state index in [2.05, 4.69) is 9.97 Å². The lowest BCUT2D eigenvalue weighted by atomic mass is 10.4. The third-order valence-corrected chi connectivity index (χ3v) is 4.15. The smallest absolute Gasteiger partial charge is 0.378 e. The van der Waals surface area contributed by atoms with Gasteiger partial charge < -0.3 is 9.64 Å². The lowest BCUT2D eigenvalue weighted by Crippen LogP contribution is -2.37. The van der Waals surface area contributed by atoms with Crippen LogP contribution in [-0.4, -0.2) is 56.6 Å². The number of sulfonamides is 1. The molecule has 0 spiro atoms. The molecule has 1 aromatic rings. The first-order valence-corrected chi connectivity index (χ1v) is 8.12. The van der Waals surface area contributed by atoms with Gasteiger partial charge in [0.2, 0.25) is 16.0 Å². The molecule has 2 rings (SSSR count). The third-order valence-electron chi connectivity index (χ3n) is 2.86. The van der Waals surface area contributed by atoms with Gasteiger partial charge in [-0.15, -0.1) is 0 Å². The molecule has 22 heavy (non-hydrogen) atoms. The molecule has 7 nitrogen and oxygen atoms in total. The second kappa shape index (κ2) is 6.65. The minimum absolute atomic E-state index is 0.0270. The highest BCUT2D eigenvalue weighted by molar-refractivity contribution is 7.92. The molecular formula is C11H15F3N4O3S. The number of anilines is 2. The summed E-state index contributed by atoms with van der Waals surface area (Å²) >= 11 is 0. The summed E-state index contributed by atoms with van der Waals surface area (Å²) in [5.41, 5.74) is 0.0270. The monoisotopic (exact) mass is 340 g/mol. The van der Waals surface area contributed by atoms with Crippen LogP contribution in [0.15, 0.2) is 12.4 Å². The van der Waals surface area contributed by atoms with Crippen LogP contribution in [0.4, 0.5) is 24.8 Å². The van der Waals surface area contributed by atoms with Crippen molar-refractivity contribution in [1.82, 2.24) is 9.97 Å². The molecule has 0 unspecified atom stereocenters. The van der Waals surface area contributed by atoms with Gasteiger partial charge in [-0.1, -0.05) is 0 Å². The summed E-state index contributed by atoms with van der Waals surface area (Å²) in [6.45, 7) is 2.34. The predicted octanol–water partition coefficient (Wildman–Crippen LogP) is 1.01. The van der Waals surface area contributed by atoms with Crippen LogP contribution in [0.25, 0.3) is 0 Å². The first kappa shape index (κ1) is 16.7. The molecule has 1 aliphatic heterocycles. The first-order chi connectivity index (χ1) is 10.3. The van der Waals surface area contributed by atoms with Crippen molar-refractivity contribution in [3.8, 4) is 0 Å². The maximum Gasteiger partial charge on any atom is 0.390 e. The zero-order valence-corrected chi connectivity index (χ0v) is 12.3. The number of ether oxygens (including phenoxy) is 1. The van der Waals surface area contributed by atoms with Crippen molar-refractivity contribution in [3.63, 3.8) is 0 Å². The zero-order valence-electron chi connectivity index (χ0n) is 11.5. The van der Waals surface area contributed by atoms with E-state index in [0.29, 0.717) is 32.3 Å². The molecule has 1 saturated heterocycles. The molecule has 1 fully saturated rings. The van der Waals surface area contributed by atoms with Crippen LogP contribution in [0.3, 0.4) is 0 Å². The van der Waals surface area contributed by atoms with Gasteiger partial charge in [0.05, 0.1) is 43.5 Å². The topological polar surface area (TPSA) is 84.4 Å². The van der Waals surface area contributed by atoms with E-state index in [1.165, 1.54) is 12.4 Å². The van der Waals surface area contributed by atoms with E-state index in [4.69, 9.17) is 4.74 Å². The number of halogens is 3. The molecule has 0 amide bonds. The van der Waals surface area contributed by atoms with Crippen molar-refractivity contribution >= 4 is 21.7 Å². The van der Waals surface area contributed by atoms with E-state index in [9.17, 15) is 21.6 Å². The standard InChI is InChI=1S/C11H15F3N4O3S/c12-11(13,14)1-6-22(19,20)17-9-7-15-10(16-8-9)18-2-4-21-5-3-18/h7-8,17H,1-6H2. The summed E-state index contributed by atoms with van der Waals surface area (Å²) in [6, 6.07) is 0. The largest absolute Gasteiger partial charge is 0.390 e. The van der Waals surface area contributed by atoms with Gasteiger partial charge in [0.25, 0.3) is 0 Å². The summed E-state index contributed by atoms with van der Waals surface area (Å²) in [5.74, 6) is -0.622. The van der Waals surface area contributed by atoms with Gasteiger partial charge >= 0.3 is 6.18 Å². The van der Waals surface area contributed by atoms with Crippen molar-refractivity contribution < 1.29 is 26.3 Å². The average molecular weight is 340 g/mol. The van der Waals surface area contributed by atoms with E-state index < -0.39 is 28.4 Å². The van der Waals surface area contributed by atoms with Gasteiger partial charge in [0.1, 0.15) is 0 Å². The van der Waals surface area contributed by atoms with Crippen molar-refractivity contribution in [1.29, 1.82) is 0 Å². The molecule has 0 saturated carbocycles. The molecule has 0 bridgehead atoms. The molecule has 0 radical (unpaired) electrons. The van der Waals surface area contributed by atoms with E-state index in [0.717, 1.165) is 0 Å². The summed E-state index contributed by atoms with van der Waals surface area (Å²) < 4.78 is 66.4. The van der Waals surface area contributed by atoms with Crippen molar-refractivity contribution in [2.75, 3.05) is 41.7 Å². The van der Waals surface area contributed by atoms with Crippen LogP contribution >= 0.6 is 0 Å². The Morgan fingerprint density at radius 3 is 2.36 bits per heavy atom. The lowest BCUT2D eigenvalue weighted by Gasteiger charge is -2.26. The molecule has 124 valence electrons. The summed E-state index contributed by atoms with van der Waals surface area (Å²) in [5, 5.41) is 0. The number of nitrogens with zero attached hydrogens (tertiary/aromatic N) is 3. The second-order valence-corrected chi connectivity index (χ2v) is 6.50. The second-order valence-electron chi connectivity index (χ2n) is 4.66. The molecular weight excluding hydrogens is 325 g/mol. The number of morpholine rings is 1. The van der Waals surface area contributed by atoms with E-state index in [1.54, 1.807) is 0 Å². The van der Waals surface area contributed by atoms with Gasteiger partial charge in [0, 0.05) is 13.1 Å². The maximum atomic E-state index is 12.1. The molecule has 0 atom stereocenters. The minimum atomic E-state index is -4.52. The van der Waals surface area contributed by atoms with E-state index in [1.807, 2.05) is 9.62 Å². The number of rotatable bonds is 5. The summed E-state index contributed by atoms with van der Waals surface area (Å²) in [7, 11) is -4.09. The molecule has 1 N–H and O–H groups in total. The normalized spacial score (nSPS) is 16.6. The van der Waals surface area contributed by atoms with Gasteiger partial charge in [-0.3, -0.25) is 4.72 Å².